The first-order valence-corrected chi connectivity index (χ1v) is 8.78. The second-order valence-electron chi connectivity index (χ2n) is 6.55. The minimum Gasteiger partial charge on any atom is -0.503 e. The van der Waals surface area contributed by atoms with E-state index in [2.05, 4.69) is 0 Å². The summed E-state index contributed by atoms with van der Waals surface area (Å²) in [5, 5.41) is 10.5. The molecule has 3 aromatic rings. The number of Topliss-reactive ketones (excluding diaryl/α,β-unsaturated/α-hetero) is 1. The van der Waals surface area contributed by atoms with Gasteiger partial charge < -0.3 is 14.4 Å². The number of hydrogen-bond acceptors (Lipinski definition) is 4. The number of aliphatic hydroxyl groups is 1. The number of carbonyl (C=O) groups is 2. The second kappa shape index (κ2) is 7.35. The predicted octanol–water partition coefficient (Wildman–Crippen LogP) is 4.34. The van der Waals surface area contributed by atoms with Gasteiger partial charge >= 0.3 is 0 Å². The third kappa shape index (κ3) is 3.31. The Kier molecular flexibility index (Phi) is 4.72. The van der Waals surface area contributed by atoms with Crippen molar-refractivity contribution in [2.75, 3.05) is 0 Å². The Morgan fingerprint density at radius 1 is 1.03 bits per heavy atom. The first-order chi connectivity index (χ1) is 14.0. The minimum absolute atomic E-state index is 0.0573. The van der Waals surface area contributed by atoms with E-state index in [-0.39, 0.29) is 23.4 Å². The Hall–Kier alpha value is -3.74. The molecule has 1 unspecified atom stereocenters. The fraction of sp³-hybridized carbons (Fsp3) is 0.0909. The number of nitrogens with zero attached hydrogens (tertiary/aromatic N) is 1. The summed E-state index contributed by atoms with van der Waals surface area (Å²) in [5.74, 6) is -3.45. The zero-order valence-corrected chi connectivity index (χ0v) is 15.0. The molecule has 146 valence electrons. The van der Waals surface area contributed by atoms with Crippen LogP contribution >= 0.6 is 0 Å². The molecular weight excluding hydrogens is 380 g/mol. The number of aliphatic hydroxyl groups excluding tert-OH is 1. The maximum atomic E-state index is 14.6. The van der Waals surface area contributed by atoms with Crippen molar-refractivity contribution in [3.8, 4) is 0 Å². The second-order valence-corrected chi connectivity index (χ2v) is 6.55. The lowest BCUT2D eigenvalue weighted by Gasteiger charge is -2.27. The summed E-state index contributed by atoms with van der Waals surface area (Å²) in [5.41, 5.74) is 0.347. The van der Waals surface area contributed by atoms with Crippen molar-refractivity contribution in [1.29, 1.82) is 0 Å². The Balaban J connectivity index is 1.81. The molecule has 2 aromatic carbocycles. The van der Waals surface area contributed by atoms with Crippen LogP contribution in [0.2, 0.25) is 0 Å². The Labute approximate surface area is 164 Å². The van der Waals surface area contributed by atoms with Gasteiger partial charge in [0.2, 0.25) is 5.78 Å². The quantitative estimate of drug-likeness (QED) is 0.653. The Morgan fingerprint density at radius 2 is 1.76 bits per heavy atom. The molecule has 7 heteroatoms. The van der Waals surface area contributed by atoms with Gasteiger partial charge in [-0.25, -0.2) is 8.78 Å². The fourth-order valence-electron chi connectivity index (χ4n) is 3.40. The van der Waals surface area contributed by atoms with Gasteiger partial charge in [-0.2, -0.15) is 0 Å². The predicted molar refractivity (Wildman–Crippen MR) is 98.8 cm³/mol. The van der Waals surface area contributed by atoms with E-state index in [1.54, 1.807) is 6.07 Å². The fourth-order valence-corrected chi connectivity index (χ4v) is 3.40. The van der Waals surface area contributed by atoms with Crippen LogP contribution in [-0.4, -0.2) is 21.7 Å². The molecule has 2 heterocycles. The molecule has 1 N–H and O–H groups in total. The molecule has 1 aliphatic heterocycles. The lowest BCUT2D eigenvalue weighted by molar-refractivity contribution is -0.130. The highest BCUT2D eigenvalue weighted by molar-refractivity contribution is 6.15. The van der Waals surface area contributed by atoms with Crippen molar-refractivity contribution >= 4 is 11.7 Å². The average Bonchev–Trinajstić information content (AvgIpc) is 3.33. The molecule has 1 atom stereocenters. The van der Waals surface area contributed by atoms with Gasteiger partial charge in [0.05, 0.1) is 17.9 Å². The molecule has 0 radical (unpaired) electrons. The van der Waals surface area contributed by atoms with E-state index in [1.165, 1.54) is 65.8 Å². The summed E-state index contributed by atoms with van der Waals surface area (Å²) in [6, 6.07) is 12.9. The van der Waals surface area contributed by atoms with Crippen molar-refractivity contribution in [3.05, 3.63) is 107 Å². The van der Waals surface area contributed by atoms with Gasteiger partial charge in [-0.3, -0.25) is 9.59 Å². The largest absolute Gasteiger partial charge is 0.503 e. The third-order valence-corrected chi connectivity index (χ3v) is 4.76. The number of benzene rings is 2. The topological polar surface area (TPSA) is 70.8 Å². The highest BCUT2D eigenvalue weighted by Gasteiger charge is 2.45. The van der Waals surface area contributed by atoms with Crippen molar-refractivity contribution in [2.45, 2.75) is 12.6 Å². The summed E-state index contributed by atoms with van der Waals surface area (Å²) >= 11 is 0. The summed E-state index contributed by atoms with van der Waals surface area (Å²) in [4.78, 5) is 26.9. The molecule has 1 aromatic heterocycles. The molecule has 0 saturated carbocycles. The molecule has 0 saturated heterocycles. The number of hydrogen-bond donors (Lipinski definition) is 1. The monoisotopic (exact) mass is 395 g/mol. The molecule has 1 amide bonds. The lowest BCUT2D eigenvalue weighted by atomic mass is 9.94. The molecule has 0 fully saturated rings. The smallest absolute Gasteiger partial charge is 0.290 e. The number of amides is 1. The van der Waals surface area contributed by atoms with Crippen LogP contribution in [0.3, 0.4) is 0 Å². The zero-order valence-electron chi connectivity index (χ0n) is 15.0. The molecule has 0 bridgehead atoms. The van der Waals surface area contributed by atoms with E-state index in [0.29, 0.717) is 5.56 Å². The number of halogens is 2. The summed E-state index contributed by atoms with van der Waals surface area (Å²) in [6.07, 6.45) is 1.29. The van der Waals surface area contributed by atoms with Gasteiger partial charge in [-0.1, -0.05) is 30.3 Å². The molecule has 0 spiro atoms. The molecule has 29 heavy (non-hydrogen) atoms. The zero-order chi connectivity index (χ0) is 20.5. The average molecular weight is 395 g/mol. The van der Waals surface area contributed by atoms with Gasteiger partial charge in [0.15, 0.2) is 11.5 Å². The van der Waals surface area contributed by atoms with Crippen molar-refractivity contribution < 1.29 is 27.9 Å². The summed E-state index contributed by atoms with van der Waals surface area (Å²) < 4.78 is 33.0. The molecular formula is C22H15F2NO4. The standard InChI is InChI=1S/C22H15F2NO4/c23-14-9-7-13(8-10-14)12-25-19(15-4-1-2-5-16(15)24)18(21(27)22(25)28)20(26)17-6-3-11-29-17/h1-11,19,27H,12H2. The van der Waals surface area contributed by atoms with Gasteiger partial charge in [-0.05, 0) is 35.9 Å². The van der Waals surface area contributed by atoms with Crippen LogP contribution in [0.4, 0.5) is 8.78 Å². The van der Waals surface area contributed by atoms with Gasteiger partial charge in [0.25, 0.3) is 5.91 Å². The van der Waals surface area contributed by atoms with E-state index >= 15 is 0 Å². The summed E-state index contributed by atoms with van der Waals surface area (Å²) in [7, 11) is 0. The van der Waals surface area contributed by atoms with Crippen LogP contribution in [-0.2, 0) is 11.3 Å². The van der Waals surface area contributed by atoms with Crippen LogP contribution in [0.1, 0.15) is 27.7 Å². The number of ketones is 1. The molecule has 0 aliphatic carbocycles. The summed E-state index contributed by atoms with van der Waals surface area (Å²) in [6.45, 7) is -0.0584. The Bertz CT molecular complexity index is 1100. The van der Waals surface area contributed by atoms with Gasteiger partial charge in [-0.15, -0.1) is 0 Å². The lowest BCUT2D eigenvalue weighted by Crippen LogP contribution is -2.31. The maximum Gasteiger partial charge on any atom is 0.290 e. The van der Waals surface area contributed by atoms with Crippen molar-refractivity contribution in [3.63, 3.8) is 0 Å². The van der Waals surface area contributed by atoms with Crippen LogP contribution in [0.5, 0.6) is 0 Å². The SMILES string of the molecule is O=C(C1=C(O)C(=O)N(Cc2ccc(F)cc2)C1c1ccccc1F)c1ccco1. The van der Waals surface area contributed by atoms with Crippen molar-refractivity contribution in [2.24, 2.45) is 0 Å². The first kappa shape index (κ1) is 18.6. The van der Waals surface area contributed by atoms with Gasteiger partial charge in [0, 0.05) is 12.1 Å². The van der Waals surface area contributed by atoms with E-state index in [9.17, 15) is 23.5 Å². The van der Waals surface area contributed by atoms with E-state index in [0.717, 1.165) is 0 Å². The van der Waals surface area contributed by atoms with Crippen LogP contribution in [0.15, 0.2) is 82.7 Å². The molecule has 1 aliphatic rings. The molecule has 5 nitrogen and oxygen atoms in total. The number of furan rings is 1. The normalized spacial score (nSPS) is 16.6. The number of carbonyl (C=O) groups excluding carboxylic acids is 2. The highest BCUT2D eigenvalue weighted by atomic mass is 19.1. The van der Waals surface area contributed by atoms with Gasteiger partial charge in [0.1, 0.15) is 11.6 Å². The number of rotatable bonds is 5. The van der Waals surface area contributed by atoms with E-state index < -0.39 is 35.1 Å². The third-order valence-electron chi connectivity index (χ3n) is 4.76. The highest BCUT2D eigenvalue weighted by Crippen LogP contribution is 2.40. The van der Waals surface area contributed by atoms with Crippen molar-refractivity contribution in [1.82, 2.24) is 4.90 Å². The van der Waals surface area contributed by atoms with Crippen LogP contribution in [0.25, 0.3) is 0 Å². The van der Waals surface area contributed by atoms with Crippen LogP contribution < -0.4 is 0 Å². The van der Waals surface area contributed by atoms with Crippen LogP contribution in [0, 0.1) is 11.6 Å². The van der Waals surface area contributed by atoms with E-state index in [1.807, 2.05) is 0 Å². The minimum atomic E-state index is -1.16. The molecule has 4 rings (SSSR count). The Morgan fingerprint density at radius 3 is 2.41 bits per heavy atom. The maximum absolute atomic E-state index is 14.6. The van der Waals surface area contributed by atoms with E-state index in [4.69, 9.17) is 4.42 Å². The first-order valence-electron chi connectivity index (χ1n) is 8.78.